The van der Waals surface area contributed by atoms with E-state index in [1.165, 1.54) is 5.57 Å². The van der Waals surface area contributed by atoms with E-state index in [4.69, 9.17) is 5.73 Å². The summed E-state index contributed by atoms with van der Waals surface area (Å²) in [6.07, 6.45) is 6.10. The van der Waals surface area contributed by atoms with Crippen molar-refractivity contribution in [3.63, 3.8) is 0 Å². The first-order chi connectivity index (χ1) is 5.31. The topological polar surface area (TPSA) is 26.0 Å². The second kappa shape index (κ2) is 12.1. The maximum atomic E-state index is 5.31. The smallest absolute Gasteiger partial charge is 0 e. The van der Waals surface area contributed by atoms with Crippen molar-refractivity contribution in [2.45, 2.75) is 33.6 Å². The molecule has 0 radical (unpaired) electrons. The van der Waals surface area contributed by atoms with Crippen molar-refractivity contribution in [3.8, 4) is 0 Å². The molecule has 0 fully saturated rings. The number of allylic oxidation sites excluding steroid dienone is 3. The Morgan fingerprint density at radius 1 is 1.55 bits per heavy atom. The highest BCUT2D eigenvalue weighted by molar-refractivity contribution is 5.12. The minimum Gasteiger partial charge on any atom is -0.330 e. The molecule has 0 rings (SSSR count). The summed E-state index contributed by atoms with van der Waals surface area (Å²) in [7, 11) is 0. The van der Waals surface area contributed by atoms with Gasteiger partial charge in [-0.15, -0.1) is 0 Å². The zero-order valence-electron chi connectivity index (χ0n) is 8.06. The zero-order valence-corrected chi connectivity index (χ0v) is 8.06. The summed E-state index contributed by atoms with van der Waals surface area (Å²) in [5, 5.41) is 0. The minimum absolute atomic E-state index is 0. The lowest BCUT2D eigenvalue weighted by molar-refractivity contribution is 0.837. The molecule has 0 heterocycles. The SMILES string of the molecule is C=C(/C=C\C)CCCN.CC.[HH]. The van der Waals surface area contributed by atoms with Crippen molar-refractivity contribution in [3.05, 3.63) is 24.3 Å². The summed E-state index contributed by atoms with van der Waals surface area (Å²) in [6.45, 7) is 10.6. The first kappa shape index (κ1) is 13.1. The molecule has 0 aromatic heterocycles. The summed E-state index contributed by atoms with van der Waals surface area (Å²) < 4.78 is 0. The van der Waals surface area contributed by atoms with Crippen LogP contribution in [0.4, 0.5) is 0 Å². The Labute approximate surface area is 72.5 Å². The maximum absolute atomic E-state index is 5.31. The first-order valence-electron chi connectivity index (χ1n) is 4.31. The van der Waals surface area contributed by atoms with E-state index >= 15 is 0 Å². The van der Waals surface area contributed by atoms with Crippen molar-refractivity contribution in [2.75, 3.05) is 6.54 Å². The van der Waals surface area contributed by atoms with Crippen molar-refractivity contribution in [1.29, 1.82) is 0 Å². The molecule has 11 heavy (non-hydrogen) atoms. The van der Waals surface area contributed by atoms with E-state index < -0.39 is 0 Å². The molecule has 0 aliphatic carbocycles. The van der Waals surface area contributed by atoms with E-state index in [1.807, 2.05) is 32.9 Å². The normalized spacial score (nSPS) is 9.09. The molecular weight excluding hydrogens is 134 g/mol. The number of rotatable bonds is 4. The van der Waals surface area contributed by atoms with Crippen LogP contribution in [0.2, 0.25) is 0 Å². The van der Waals surface area contributed by atoms with Gasteiger partial charge in [-0.25, -0.2) is 0 Å². The molecule has 0 bridgehead atoms. The molecule has 1 nitrogen and oxygen atoms in total. The van der Waals surface area contributed by atoms with Crippen LogP contribution >= 0.6 is 0 Å². The average Bonchev–Trinajstić information content (AvgIpc) is 2.05. The average molecular weight is 157 g/mol. The Hall–Kier alpha value is -0.560. The van der Waals surface area contributed by atoms with Crippen molar-refractivity contribution >= 4 is 0 Å². The predicted molar refractivity (Wildman–Crippen MR) is 55.7 cm³/mol. The molecular formula is C10H23N. The van der Waals surface area contributed by atoms with Gasteiger partial charge in [0.15, 0.2) is 0 Å². The van der Waals surface area contributed by atoms with Crippen LogP contribution in [-0.2, 0) is 0 Å². The summed E-state index contributed by atoms with van der Waals surface area (Å²) >= 11 is 0. The standard InChI is InChI=1S/C8H15N.C2H6.H2/c1-3-5-8(2)6-4-7-9;1-2;/h3,5H,2,4,6-7,9H2,1H3;1-2H3;1H/b5-3-;;. The molecule has 0 spiro atoms. The highest BCUT2D eigenvalue weighted by Gasteiger charge is 1.85. The van der Waals surface area contributed by atoms with E-state index in [0.717, 1.165) is 19.4 Å². The van der Waals surface area contributed by atoms with Gasteiger partial charge in [-0.2, -0.15) is 0 Å². The highest BCUT2D eigenvalue weighted by atomic mass is 14.5. The van der Waals surface area contributed by atoms with Crippen LogP contribution in [-0.4, -0.2) is 6.54 Å². The van der Waals surface area contributed by atoms with E-state index in [2.05, 4.69) is 6.58 Å². The van der Waals surface area contributed by atoms with Gasteiger partial charge in [-0.05, 0) is 26.3 Å². The van der Waals surface area contributed by atoms with Crippen LogP contribution in [0.3, 0.4) is 0 Å². The quantitative estimate of drug-likeness (QED) is 0.623. The number of nitrogens with two attached hydrogens (primary N) is 1. The van der Waals surface area contributed by atoms with Gasteiger partial charge in [0.1, 0.15) is 0 Å². The maximum Gasteiger partial charge on any atom is 0 e. The fraction of sp³-hybridized carbons (Fsp3) is 0.600. The van der Waals surface area contributed by atoms with Gasteiger partial charge in [0.25, 0.3) is 0 Å². The lowest BCUT2D eigenvalue weighted by Gasteiger charge is -1.94. The molecule has 1 heteroatoms. The van der Waals surface area contributed by atoms with E-state index in [0.29, 0.717) is 0 Å². The third-order valence-electron chi connectivity index (χ3n) is 1.10. The monoisotopic (exact) mass is 157 g/mol. The van der Waals surface area contributed by atoms with Crippen molar-refractivity contribution in [2.24, 2.45) is 5.73 Å². The molecule has 0 saturated carbocycles. The summed E-state index contributed by atoms with van der Waals surface area (Å²) in [4.78, 5) is 0. The van der Waals surface area contributed by atoms with Gasteiger partial charge >= 0.3 is 0 Å². The second-order valence-electron chi connectivity index (χ2n) is 2.05. The van der Waals surface area contributed by atoms with Crippen LogP contribution in [0.5, 0.6) is 0 Å². The Balaban J connectivity index is -0.000000249. The van der Waals surface area contributed by atoms with Crippen molar-refractivity contribution in [1.82, 2.24) is 0 Å². The molecule has 0 saturated heterocycles. The summed E-state index contributed by atoms with van der Waals surface area (Å²) in [5.41, 5.74) is 6.48. The van der Waals surface area contributed by atoms with Gasteiger partial charge in [0, 0.05) is 1.43 Å². The van der Waals surface area contributed by atoms with Crippen LogP contribution in [0, 0.1) is 0 Å². The molecule has 0 aliphatic heterocycles. The van der Waals surface area contributed by atoms with Crippen LogP contribution in [0.15, 0.2) is 24.3 Å². The van der Waals surface area contributed by atoms with E-state index in [-0.39, 0.29) is 1.43 Å². The molecule has 0 aromatic rings. The van der Waals surface area contributed by atoms with Crippen molar-refractivity contribution < 1.29 is 1.43 Å². The highest BCUT2D eigenvalue weighted by Crippen LogP contribution is 2.01. The van der Waals surface area contributed by atoms with Gasteiger partial charge in [0.05, 0.1) is 0 Å². The largest absolute Gasteiger partial charge is 0.330 e. The van der Waals surface area contributed by atoms with Gasteiger partial charge in [-0.3, -0.25) is 0 Å². The van der Waals surface area contributed by atoms with Crippen LogP contribution in [0.1, 0.15) is 35.0 Å². The fourth-order valence-corrected chi connectivity index (χ4v) is 0.648. The Kier molecular flexibility index (Phi) is 14.4. The molecule has 0 unspecified atom stereocenters. The minimum atomic E-state index is 0. The lowest BCUT2D eigenvalue weighted by atomic mass is 10.1. The Morgan fingerprint density at radius 3 is 2.45 bits per heavy atom. The summed E-state index contributed by atoms with van der Waals surface area (Å²) in [6, 6.07) is 0. The second-order valence-corrected chi connectivity index (χ2v) is 2.05. The Morgan fingerprint density at radius 2 is 2.09 bits per heavy atom. The third kappa shape index (κ3) is 12.6. The summed E-state index contributed by atoms with van der Waals surface area (Å²) in [5.74, 6) is 0. The lowest BCUT2D eigenvalue weighted by Crippen LogP contribution is -1.97. The number of hydrogen-bond acceptors (Lipinski definition) is 1. The van der Waals surface area contributed by atoms with E-state index in [1.54, 1.807) is 0 Å². The fourth-order valence-electron chi connectivity index (χ4n) is 0.648. The molecule has 0 atom stereocenters. The first-order valence-corrected chi connectivity index (χ1v) is 4.31. The van der Waals surface area contributed by atoms with Crippen LogP contribution in [0.25, 0.3) is 0 Å². The third-order valence-corrected chi connectivity index (χ3v) is 1.10. The molecule has 68 valence electrons. The predicted octanol–water partition coefficient (Wildman–Crippen LogP) is 3.13. The van der Waals surface area contributed by atoms with Gasteiger partial charge in [-0.1, -0.05) is 38.2 Å². The van der Waals surface area contributed by atoms with Gasteiger partial charge < -0.3 is 5.73 Å². The Bertz CT molecular complexity index is 108. The van der Waals surface area contributed by atoms with Crippen LogP contribution < -0.4 is 5.73 Å². The number of hydrogen-bond donors (Lipinski definition) is 1. The van der Waals surface area contributed by atoms with Gasteiger partial charge in [0.2, 0.25) is 0 Å². The molecule has 0 aromatic carbocycles. The molecule has 2 N–H and O–H groups in total. The van der Waals surface area contributed by atoms with E-state index in [9.17, 15) is 0 Å². The zero-order chi connectivity index (χ0) is 9.11. The molecule has 0 amide bonds. The molecule has 0 aliphatic rings.